The Balaban J connectivity index is 2.05. The van der Waals surface area contributed by atoms with Gasteiger partial charge >= 0.3 is 0 Å². The maximum atomic E-state index is 6.48. The van der Waals surface area contributed by atoms with Gasteiger partial charge in [0.05, 0.1) is 5.02 Å². The summed E-state index contributed by atoms with van der Waals surface area (Å²) in [6.07, 6.45) is 5.53. The van der Waals surface area contributed by atoms with E-state index in [0.29, 0.717) is 6.04 Å². The highest BCUT2D eigenvalue weighted by atomic mass is 35.5. The molecule has 0 radical (unpaired) electrons. The number of halogens is 1. The van der Waals surface area contributed by atoms with Gasteiger partial charge in [-0.1, -0.05) is 18.5 Å². The Morgan fingerprint density at radius 2 is 2.29 bits per heavy atom. The van der Waals surface area contributed by atoms with Crippen molar-refractivity contribution >= 4 is 17.4 Å². The average Bonchev–Trinajstić information content (AvgIpc) is 2.86. The monoisotopic (exact) mass is 310 g/mol. The number of aromatic nitrogens is 1. The van der Waals surface area contributed by atoms with Crippen LogP contribution in [0.1, 0.15) is 31.7 Å². The number of hydrogen-bond donors (Lipinski definition) is 1. The molecule has 2 heterocycles. The van der Waals surface area contributed by atoms with Crippen LogP contribution in [0.5, 0.6) is 0 Å². The number of anilines is 1. The normalized spacial score (nSPS) is 18.7. The van der Waals surface area contributed by atoms with Crippen LogP contribution in [0, 0.1) is 0 Å². The molecule has 0 aromatic carbocycles. The van der Waals surface area contributed by atoms with Crippen molar-refractivity contribution in [1.29, 1.82) is 0 Å². The van der Waals surface area contributed by atoms with Crippen LogP contribution in [0.25, 0.3) is 0 Å². The van der Waals surface area contributed by atoms with Crippen LogP contribution in [0.2, 0.25) is 5.02 Å². The summed E-state index contributed by atoms with van der Waals surface area (Å²) in [5, 5.41) is 4.16. The third kappa shape index (κ3) is 4.56. The summed E-state index contributed by atoms with van der Waals surface area (Å²) in [4.78, 5) is 9.23. The molecule has 0 spiro atoms. The van der Waals surface area contributed by atoms with E-state index in [2.05, 4.69) is 47.2 Å². The lowest BCUT2D eigenvalue weighted by atomic mass is 10.2. The smallest absolute Gasteiger partial charge is 0.147 e. The van der Waals surface area contributed by atoms with E-state index in [-0.39, 0.29) is 0 Å². The van der Waals surface area contributed by atoms with Crippen molar-refractivity contribution in [2.24, 2.45) is 0 Å². The molecule has 4 nitrogen and oxygen atoms in total. The Kier molecular flexibility index (Phi) is 6.27. The third-order valence-electron chi connectivity index (χ3n) is 3.86. The topological polar surface area (TPSA) is 31.4 Å². The lowest BCUT2D eigenvalue weighted by molar-refractivity contribution is 0.371. The first-order chi connectivity index (χ1) is 10.1. The van der Waals surface area contributed by atoms with E-state index in [4.69, 9.17) is 11.6 Å². The molecule has 0 saturated carbocycles. The van der Waals surface area contributed by atoms with E-state index < -0.39 is 0 Å². The zero-order valence-corrected chi connectivity index (χ0v) is 14.2. The number of nitrogens with one attached hydrogen (secondary N) is 1. The molecular weight excluding hydrogens is 284 g/mol. The van der Waals surface area contributed by atoms with Crippen LogP contribution in [0.4, 0.5) is 5.82 Å². The second-order valence-corrected chi connectivity index (χ2v) is 6.48. The summed E-state index contributed by atoms with van der Waals surface area (Å²) in [5.74, 6) is 0.945. The zero-order valence-electron chi connectivity index (χ0n) is 13.4. The van der Waals surface area contributed by atoms with Crippen molar-refractivity contribution in [3.05, 3.63) is 22.8 Å². The van der Waals surface area contributed by atoms with Gasteiger partial charge in [0.2, 0.25) is 0 Å². The molecule has 0 amide bonds. The molecule has 2 rings (SSSR count). The van der Waals surface area contributed by atoms with E-state index in [9.17, 15) is 0 Å². The van der Waals surface area contributed by atoms with Crippen LogP contribution in [-0.4, -0.2) is 49.7 Å². The molecule has 1 aromatic heterocycles. The molecule has 21 heavy (non-hydrogen) atoms. The van der Waals surface area contributed by atoms with Crippen LogP contribution < -0.4 is 10.2 Å². The third-order valence-corrected chi connectivity index (χ3v) is 4.14. The molecule has 1 aliphatic heterocycles. The molecule has 1 atom stereocenters. The summed E-state index contributed by atoms with van der Waals surface area (Å²) in [5.41, 5.74) is 1.15. The predicted octanol–water partition coefficient (Wildman–Crippen LogP) is 2.77. The number of likely N-dealkylation sites (N-methyl/N-ethyl adjacent to an activating group) is 1. The van der Waals surface area contributed by atoms with Crippen LogP contribution >= 0.6 is 11.6 Å². The minimum absolute atomic E-state index is 0.522. The molecule has 118 valence electrons. The number of pyridine rings is 1. The largest absolute Gasteiger partial charge is 0.351 e. The fourth-order valence-electron chi connectivity index (χ4n) is 2.91. The van der Waals surface area contributed by atoms with Crippen molar-refractivity contribution in [3.63, 3.8) is 0 Å². The number of nitrogens with zero attached hydrogens (tertiary/aromatic N) is 3. The molecule has 0 bridgehead atoms. The predicted molar refractivity (Wildman–Crippen MR) is 90.2 cm³/mol. The van der Waals surface area contributed by atoms with E-state index in [1.54, 1.807) is 0 Å². The van der Waals surface area contributed by atoms with Crippen molar-refractivity contribution in [3.8, 4) is 0 Å². The molecule has 1 aromatic rings. The molecule has 0 aliphatic carbocycles. The van der Waals surface area contributed by atoms with Gasteiger partial charge in [0, 0.05) is 31.9 Å². The highest BCUT2D eigenvalue weighted by Crippen LogP contribution is 2.30. The van der Waals surface area contributed by atoms with E-state index in [1.807, 2.05) is 6.20 Å². The minimum Gasteiger partial charge on any atom is -0.351 e. The standard InChI is InChI=1S/C16H27ClN4/c1-4-7-18-10-13-9-15(17)16(19-11-13)21-8-5-6-14(21)12-20(2)3/h9,11,14,18H,4-8,10,12H2,1-3H3. The summed E-state index contributed by atoms with van der Waals surface area (Å²) in [6, 6.07) is 2.58. The highest BCUT2D eigenvalue weighted by Gasteiger charge is 2.27. The van der Waals surface area contributed by atoms with Gasteiger partial charge in [0.1, 0.15) is 5.82 Å². The molecule has 1 saturated heterocycles. The van der Waals surface area contributed by atoms with E-state index >= 15 is 0 Å². The van der Waals surface area contributed by atoms with Gasteiger partial charge in [-0.25, -0.2) is 4.98 Å². The van der Waals surface area contributed by atoms with Crippen molar-refractivity contribution in [2.45, 2.75) is 38.8 Å². The molecular formula is C16H27ClN4. The second kappa shape index (κ2) is 7.97. The molecule has 1 N–H and O–H groups in total. The van der Waals surface area contributed by atoms with Gasteiger partial charge in [0.15, 0.2) is 0 Å². The quantitative estimate of drug-likeness (QED) is 0.785. The first kappa shape index (κ1) is 16.5. The molecule has 5 heteroatoms. The summed E-state index contributed by atoms with van der Waals surface area (Å²) in [6.45, 7) is 6.13. The van der Waals surface area contributed by atoms with Crippen molar-refractivity contribution < 1.29 is 0 Å². The van der Waals surface area contributed by atoms with Gasteiger partial charge in [0.25, 0.3) is 0 Å². The first-order valence-corrected chi connectivity index (χ1v) is 8.26. The highest BCUT2D eigenvalue weighted by molar-refractivity contribution is 6.33. The first-order valence-electron chi connectivity index (χ1n) is 7.88. The lowest BCUT2D eigenvalue weighted by Crippen LogP contribution is -2.38. The van der Waals surface area contributed by atoms with E-state index in [1.165, 1.54) is 12.8 Å². The Bertz CT molecular complexity index is 450. The van der Waals surface area contributed by atoms with Crippen molar-refractivity contribution in [1.82, 2.24) is 15.2 Å². The van der Waals surface area contributed by atoms with Crippen LogP contribution in [0.15, 0.2) is 12.3 Å². The van der Waals surface area contributed by atoms with Gasteiger partial charge in [-0.2, -0.15) is 0 Å². The summed E-state index contributed by atoms with van der Waals surface area (Å²) in [7, 11) is 4.24. The van der Waals surface area contributed by atoms with Gasteiger partial charge < -0.3 is 15.1 Å². The maximum absolute atomic E-state index is 6.48. The molecule has 1 aliphatic rings. The Morgan fingerprint density at radius 1 is 1.48 bits per heavy atom. The zero-order chi connectivity index (χ0) is 15.2. The Hall–Kier alpha value is -0.840. The van der Waals surface area contributed by atoms with Gasteiger partial charge in [-0.05, 0) is 51.5 Å². The average molecular weight is 311 g/mol. The Morgan fingerprint density at radius 3 is 2.95 bits per heavy atom. The van der Waals surface area contributed by atoms with E-state index in [0.717, 1.165) is 49.0 Å². The van der Waals surface area contributed by atoms with Crippen molar-refractivity contribution in [2.75, 3.05) is 38.6 Å². The summed E-state index contributed by atoms with van der Waals surface area (Å²) < 4.78 is 0. The maximum Gasteiger partial charge on any atom is 0.147 e. The van der Waals surface area contributed by atoms with Crippen LogP contribution in [-0.2, 0) is 6.54 Å². The van der Waals surface area contributed by atoms with Gasteiger partial charge in [-0.3, -0.25) is 0 Å². The Labute approximate surface area is 133 Å². The van der Waals surface area contributed by atoms with Crippen LogP contribution in [0.3, 0.4) is 0 Å². The SMILES string of the molecule is CCCNCc1cnc(N2CCCC2CN(C)C)c(Cl)c1. The molecule has 1 unspecified atom stereocenters. The lowest BCUT2D eigenvalue weighted by Gasteiger charge is -2.28. The minimum atomic E-state index is 0.522. The summed E-state index contributed by atoms with van der Waals surface area (Å²) >= 11 is 6.48. The number of hydrogen-bond acceptors (Lipinski definition) is 4. The van der Waals surface area contributed by atoms with Gasteiger partial charge in [-0.15, -0.1) is 0 Å². The second-order valence-electron chi connectivity index (χ2n) is 6.08. The fraction of sp³-hybridized carbons (Fsp3) is 0.688. The fourth-order valence-corrected chi connectivity index (χ4v) is 3.21. The number of rotatable bonds is 7. The molecule has 1 fully saturated rings.